The third-order valence-electron chi connectivity index (χ3n) is 3.47. The van der Waals surface area contributed by atoms with E-state index in [1.165, 1.54) is 31.5 Å². The molecule has 1 atom stereocenters. The number of hydrogen-bond donors (Lipinski definition) is 0. The molecular weight excluding hydrogens is 270 g/mol. The molecule has 1 aromatic heterocycles. The number of rotatable bonds is 3. The summed E-state index contributed by atoms with van der Waals surface area (Å²) in [4.78, 5) is 40.8. The summed E-state index contributed by atoms with van der Waals surface area (Å²) in [5.41, 5.74) is 0.596. The van der Waals surface area contributed by atoms with E-state index in [0.29, 0.717) is 11.3 Å². The largest absolute Gasteiger partial charge is 0.497 e. The minimum Gasteiger partial charge on any atom is -0.497 e. The highest BCUT2D eigenvalue weighted by molar-refractivity contribution is 6.37. The molecule has 0 fully saturated rings. The zero-order valence-electron chi connectivity index (χ0n) is 11.2. The van der Waals surface area contributed by atoms with Gasteiger partial charge in [0.15, 0.2) is 17.5 Å². The molecule has 1 unspecified atom stereocenters. The van der Waals surface area contributed by atoms with Crippen molar-refractivity contribution in [1.29, 1.82) is 0 Å². The van der Waals surface area contributed by atoms with Crippen LogP contribution >= 0.6 is 0 Å². The van der Waals surface area contributed by atoms with Crippen molar-refractivity contribution in [3.05, 3.63) is 59.4 Å². The second-order valence-corrected chi connectivity index (χ2v) is 4.65. The molecule has 5 nitrogen and oxygen atoms in total. The molecule has 1 aliphatic carbocycles. The van der Waals surface area contributed by atoms with Crippen LogP contribution in [-0.2, 0) is 0 Å². The third-order valence-corrected chi connectivity index (χ3v) is 3.47. The van der Waals surface area contributed by atoms with E-state index >= 15 is 0 Å². The molecule has 1 aliphatic rings. The molecule has 104 valence electrons. The SMILES string of the molecule is COc1ccc(C(=O)C2C(=O)c3cccnc3C2=O)cc1. The lowest BCUT2D eigenvalue weighted by molar-refractivity contribution is 0.0755. The third kappa shape index (κ3) is 2.03. The predicted molar refractivity (Wildman–Crippen MR) is 73.7 cm³/mol. The molecule has 5 heteroatoms. The number of hydrogen-bond acceptors (Lipinski definition) is 5. The van der Waals surface area contributed by atoms with Crippen LogP contribution in [0.15, 0.2) is 42.6 Å². The number of nitrogens with zero attached hydrogens (tertiary/aromatic N) is 1. The minimum absolute atomic E-state index is 0.0781. The van der Waals surface area contributed by atoms with Crippen LogP contribution in [0.4, 0.5) is 0 Å². The number of benzene rings is 1. The van der Waals surface area contributed by atoms with Crippen molar-refractivity contribution in [3.8, 4) is 5.75 Å². The fourth-order valence-electron chi connectivity index (χ4n) is 2.37. The van der Waals surface area contributed by atoms with Crippen LogP contribution in [0.2, 0.25) is 0 Å². The van der Waals surface area contributed by atoms with E-state index in [0.717, 1.165) is 0 Å². The Balaban J connectivity index is 1.96. The van der Waals surface area contributed by atoms with Crippen molar-refractivity contribution >= 4 is 17.3 Å². The molecule has 0 aliphatic heterocycles. The molecule has 3 rings (SSSR count). The number of carbonyl (C=O) groups is 3. The van der Waals surface area contributed by atoms with Gasteiger partial charge in [-0.05, 0) is 36.4 Å². The normalized spacial score (nSPS) is 16.7. The van der Waals surface area contributed by atoms with Gasteiger partial charge in [-0.1, -0.05) is 0 Å². The second-order valence-electron chi connectivity index (χ2n) is 4.65. The predicted octanol–water partition coefficient (Wildman–Crippen LogP) is 1.97. The van der Waals surface area contributed by atoms with Crippen LogP contribution < -0.4 is 4.74 Å². The summed E-state index contributed by atoms with van der Waals surface area (Å²) < 4.78 is 5.01. The number of aromatic nitrogens is 1. The number of ketones is 3. The Kier molecular flexibility index (Phi) is 3.10. The zero-order chi connectivity index (χ0) is 15.0. The highest BCUT2D eigenvalue weighted by atomic mass is 16.5. The molecule has 2 aromatic rings. The number of methoxy groups -OCH3 is 1. The van der Waals surface area contributed by atoms with Gasteiger partial charge in [-0.3, -0.25) is 19.4 Å². The van der Waals surface area contributed by atoms with E-state index in [1.54, 1.807) is 18.2 Å². The van der Waals surface area contributed by atoms with Crippen LogP contribution in [-0.4, -0.2) is 29.4 Å². The Labute approximate surface area is 120 Å². The molecule has 0 saturated heterocycles. The van der Waals surface area contributed by atoms with Crippen LogP contribution in [0, 0.1) is 5.92 Å². The van der Waals surface area contributed by atoms with E-state index in [2.05, 4.69) is 4.98 Å². The lowest BCUT2D eigenvalue weighted by Crippen LogP contribution is -2.25. The molecule has 0 spiro atoms. The van der Waals surface area contributed by atoms with Gasteiger partial charge in [0.2, 0.25) is 5.78 Å². The van der Waals surface area contributed by atoms with Gasteiger partial charge < -0.3 is 4.74 Å². The van der Waals surface area contributed by atoms with Gasteiger partial charge >= 0.3 is 0 Å². The number of Topliss-reactive ketones (excluding diaryl/α,β-unsaturated/α-hetero) is 3. The Morgan fingerprint density at radius 1 is 1.10 bits per heavy atom. The first-order chi connectivity index (χ1) is 10.1. The Bertz CT molecular complexity index is 714. The van der Waals surface area contributed by atoms with E-state index < -0.39 is 23.3 Å². The summed E-state index contributed by atoms with van der Waals surface area (Å²) in [7, 11) is 1.52. The highest BCUT2D eigenvalue weighted by Gasteiger charge is 2.44. The first kappa shape index (κ1) is 13.2. The molecule has 0 N–H and O–H groups in total. The van der Waals surface area contributed by atoms with E-state index in [1.807, 2.05) is 0 Å². The Morgan fingerprint density at radius 3 is 2.43 bits per heavy atom. The molecule has 1 heterocycles. The van der Waals surface area contributed by atoms with Gasteiger partial charge in [-0.15, -0.1) is 0 Å². The fourth-order valence-corrected chi connectivity index (χ4v) is 2.37. The molecule has 0 radical (unpaired) electrons. The van der Waals surface area contributed by atoms with Crippen molar-refractivity contribution < 1.29 is 19.1 Å². The molecule has 0 amide bonds. The monoisotopic (exact) mass is 281 g/mol. The van der Waals surface area contributed by atoms with E-state index in [4.69, 9.17) is 4.74 Å². The smallest absolute Gasteiger partial charge is 0.200 e. The topological polar surface area (TPSA) is 73.3 Å². The van der Waals surface area contributed by atoms with Gasteiger partial charge in [0, 0.05) is 17.3 Å². The summed E-state index contributed by atoms with van der Waals surface area (Å²) in [5, 5.41) is 0. The maximum atomic E-state index is 12.4. The van der Waals surface area contributed by atoms with Crippen molar-refractivity contribution in [1.82, 2.24) is 4.98 Å². The first-order valence-electron chi connectivity index (χ1n) is 6.35. The van der Waals surface area contributed by atoms with Gasteiger partial charge in [0.1, 0.15) is 11.4 Å². The van der Waals surface area contributed by atoms with Gasteiger partial charge in [-0.25, -0.2) is 0 Å². The zero-order valence-corrected chi connectivity index (χ0v) is 11.2. The second kappa shape index (κ2) is 4.94. The Hall–Kier alpha value is -2.82. The van der Waals surface area contributed by atoms with Gasteiger partial charge in [0.25, 0.3) is 0 Å². The average Bonchev–Trinajstić information content (AvgIpc) is 2.79. The molecule has 21 heavy (non-hydrogen) atoms. The van der Waals surface area contributed by atoms with Crippen molar-refractivity contribution in [2.75, 3.05) is 7.11 Å². The quantitative estimate of drug-likeness (QED) is 0.635. The van der Waals surface area contributed by atoms with Crippen molar-refractivity contribution in [2.24, 2.45) is 5.92 Å². The number of ether oxygens (including phenoxy) is 1. The van der Waals surface area contributed by atoms with Crippen LogP contribution in [0.1, 0.15) is 31.2 Å². The summed E-state index contributed by atoms with van der Waals surface area (Å²) in [5.74, 6) is -2.24. The molecule has 1 aromatic carbocycles. The standard InChI is InChI=1S/C16H11NO4/c1-21-10-6-4-9(5-7-10)14(18)12-15(19)11-3-2-8-17-13(11)16(12)20/h2-8,12H,1H3. The lowest BCUT2D eigenvalue weighted by atomic mass is 9.93. The number of carbonyl (C=O) groups excluding carboxylic acids is 3. The molecule has 0 bridgehead atoms. The number of pyridine rings is 1. The summed E-state index contributed by atoms with van der Waals surface area (Å²) in [6.45, 7) is 0. The average molecular weight is 281 g/mol. The minimum atomic E-state index is -1.32. The van der Waals surface area contributed by atoms with Gasteiger partial charge in [-0.2, -0.15) is 0 Å². The van der Waals surface area contributed by atoms with Crippen LogP contribution in [0.5, 0.6) is 5.75 Å². The maximum Gasteiger partial charge on any atom is 0.200 e. The fraction of sp³-hybridized carbons (Fsp3) is 0.125. The molecule has 0 saturated carbocycles. The summed E-state index contributed by atoms with van der Waals surface area (Å²) in [6, 6.07) is 9.40. The summed E-state index contributed by atoms with van der Waals surface area (Å²) >= 11 is 0. The molecular formula is C16H11NO4. The first-order valence-corrected chi connectivity index (χ1v) is 6.35. The van der Waals surface area contributed by atoms with E-state index in [9.17, 15) is 14.4 Å². The lowest BCUT2D eigenvalue weighted by Gasteiger charge is -2.06. The van der Waals surface area contributed by atoms with Crippen LogP contribution in [0.25, 0.3) is 0 Å². The van der Waals surface area contributed by atoms with Gasteiger partial charge in [0.05, 0.1) is 7.11 Å². The number of fused-ring (bicyclic) bond motifs is 1. The Morgan fingerprint density at radius 2 is 1.81 bits per heavy atom. The maximum absolute atomic E-state index is 12.4. The highest BCUT2D eigenvalue weighted by Crippen LogP contribution is 2.28. The summed E-state index contributed by atoms with van der Waals surface area (Å²) in [6.07, 6.45) is 1.43. The van der Waals surface area contributed by atoms with Crippen molar-refractivity contribution in [2.45, 2.75) is 0 Å². The van der Waals surface area contributed by atoms with Crippen molar-refractivity contribution in [3.63, 3.8) is 0 Å². The van der Waals surface area contributed by atoms with Crippen LogP contribution in [0.3, 0.4) is 0 Å². The van der Waals surface area contributed by atoms with E-state index in [-0.39, 0.29) is 11.3 Å².